The molecule has 0 aromatic heterocycles. The van der Waals surface area contributed by atoms with Crippen LogP contribution in [0.4, 0.5) is 13.2 Å². The van der Waals surface area contributed by atoms with Gasteiger partial charge in [-0.05, 0) is 25.3 Å². The molecule has 2 rings (SSSR count). The maximum Gasteiger partial charge on any atom is 0.395 e. The number of nitrogens with two attached hydrogens (primary N) is 1. The first kappa shape index (κ1) is 13.4. The van der Waals surface area contributed by atoms with E-state index in [1.165, 1.54) is 0 Å². The van der Waals surface area contributed by atoms with Crippen LogP contribution in [-0.4, -0.2) is 25.0 Å². The third-order valence-electron chi connectivity index (χ3n) is 3.38. The molecule has 2 aliphatic rings. The van der Waals surface area contributed by atoms with Gasteiger partial charge in [0.1, 0.15) is 6.61 Å². The van der Waals surface area contributed by atoms with Crippen LogP contribution in [-0.2, 0) is 4.74 Å². The maximum absolute atomic E-state index is 13.0. The van der Waals surface area contributed by atoms with Crippen molar-refractivity contribution >= 4 is 5.71 Å². The Balaban J connectivity index is 2.21. The van der Waals surface area contributed by atoms with Crippen molar-refractivity contribution in [2.75, 3.05) is 13.2 Å². The summed E-state index contributed by atoms with van der Waals surface area (Å²) >= 11 is 0. The highest BCUT2D eigenvalue weighted by Crippen LogP contribution is 2.42. The van der Waals surface area contributed by atoms with Crippen LogP contribution in [0.25, 0.3) is 0 Å². The minimum absolute atomic E-state index is 0.0796. The number of ether oxygens (including phenoxy) is 1. The lowest BCUT2D eigenvalue weighted by Crippen LogP contribution is -2.38. The van der Waals surface area contributed by atoms with Crippen molar-refractivity contribution in [1.82, 2.24) is 0 Å². The van der Waals surface area contributed by atoms with Gasteiger partial charge in [-0.15, -0.1) is 0 Å². The van der Waals surface area contributed by atoms with Crippen LogP contribution in [0.2, 0.25) is 0 Å². The number of allylic oxidation sites excluding steroid dienone is 1. The summed E-state index contributed by atoms with van der Waals surface area (Å²) in [5.41, 5.74) is 5.91. The monoisotopic (exact) mass is 262 g/mol. The molecule has 1 heterocycles. The van der Waals surface area contributed by atoms with Crippen molar-refractivity contribution in [2.24, 2.45) is 22.6 Å². The Hall–Kier alpha value is -1.04. The van der Waals surface area contributed by atoms with Crippen molar-refractivity contribution in [3.63, 3.8) is 0 Å². The minimum Gasteiger partial charge on any atom is -0.477 e. The molecule has 6 heteroatoms. The molecule has 2 unspecified atom stereocenters. The second-order valence-corrected chi connectivity index (χ2v) is 4.66. The zero-order chi connectivity index (χ0) is 13.2. The molecule has 3 nitrogen and oxygen atoms in total. The van der Waals surface area contributed by atoms with Crippen LogP contribution in [0.1, 0.15) is 25.7 Å². The summed E-state index contributed by atoms with van der Waals surface area (Å²) in [5.74, 6) is -1.88. The van der Waals surface area contributed by atoms with Crippen molar-refractivity contribution in [2.45, 2.75) is 31.9 Å². The van der Waals surface area contributed by atoms with E-state index in [2.05, 4.69) is 4.99 Å². The smallest absolute Gasteiger partial charge is 0.395 e. The van der Waals surface area contributed by atoms with Crippen molar-refractivity contribution in [1.29, 1.82) is 0 Å². The topological polar surface area (TPSA) is 47.6 Å². The van der Waals surface area contributed by atoms with Gasteiger partial charge in [0.25, 0.3) is 0 Å². The number of fused-ring (bicyclic) bond motifs is 1. The predicted octanol–water partition coefficient (Wildman–Crippen LogP) is 2.63. The molecule has 18 heavy (non-hydrogen) atoms. The Labute approximate surface area is 104 Å². The van der Waals surface area contributed by atoms with Gasteiger partial charge in [0, 0.05) is 18.2 Å². The summed E-state index contributed by atoms with van der Waals surface area (Å²) in [7, 11) is 0. The first-order valence-corrected chi connectivity index (χ1v) is 6.21. The van der Waals surface area contributed by atoms with Gasteiger partial charge in [0.2, 0.25) is 5.88 Å². The fourth-order valence-corrected chi connectivity index (χ4v) is 2.56. The highest BCUT2D eigenvalue weighted by atomic mass is 19.4. The third kappa shape index (κ3) is 2.85. The van der Waals surface area contributed by atoms with E-state index in [4.69, 9.17) is 10.5 Å². The van der Waals surface area contributed by atoms with Crippen LogP contribution < -0.4 is 5.73 Å². The Morgan fingerprint density at radius 1 is 1.39 bits per heavy atom. The van der Waals surface area contributed by atoms with E-state index in [0.29, 0.717) is 18.6 Å². The van der Waals surface area contributed by atoms with Crippen molar-refractivity contribution < 1.29 is 17.9 Å². The van der Waals surface area contributed by atoms with E-state index in [9.17, 15) is 13.2 Å². The van der Waals surface area contributed by atoms with Crippen LogP contribution in [0, 0.1) is 11.8 Å². The molecule has 1 aliphatic carbocycles. The average molecular weight is 262 g/mol. The summed E-state index contributed by atoms with van der Waals surface area (Å²) in [6.07, 6.45) is -0.187. The highest BCUT2D eigenvalue weighted by Gasteiger charge is 2.47. The third-order valence-corrected chi connectivity index (χ3v) is 3.38. The number of halogens is 3. The van der Waals surface area contributed by atoms with Crippen LogP contribution in [0.5, 0.6) is 0 Å². The predicted molar refractivity (Wildman–Crippen MR) is 62.0 cm³/mol. The number of hydrogen-bond donors (Lipinski definition) is 1. The fourth-order valence-electron chi connectivity index (χ4n) is 2.56. The molecule has 1 aliphatic heterocycles. The van der Waals surface area contributed by atoms with Crippen molar-refractivity contribution in [3.05, 3.63) is 12.0 Å². The van der Waals surface area contributed by atoms with Gasteiger partial charge in [-0.3, -0.25) is 0 Å². The van der Waals surface area contributed by atoms with Gasteiger partial charge in [0.15, 0.2) is 0 Å². The molecule has 1 fully saturated rings. The number of alkyl halides is 3. The minimum atomic E-state index is -4.24. The molecule has 0 amide bonds. The first-order valence-electron chi connectivity index (χ1n) is 6.21. The number of rotatable bonds is 3. The molecule has 0 spiro atoms. The normalized spacial score (nSPS) is 28.2. The summed E-state index contributed by atoms with van der Waals surface area (Å²) in [4.78, 5) is 4.21. The lowest BCUT2D eigenvalue weighted by Gasteiger charge is -2.34. The zero-order valence-electron chi connectivity index (χ0n) is 10.0. The van der Waals surface area contributed by atoms with Gasteiger partial charge < -0.3 is 10.5 Å². The van der Waals surface area contributed by atoms with Gasteiger partial charge in [-0.25, -0.2) is 4.99 Å². The lowest BCUT2D eigenvalue weighted by atomic mass is 9.77. The van der Waals surface area contributed by atoms with Crippen LogP contribution in [0.3, 0.4) is 0 Å². The molecular formula is C12H17F3N2O. The molecule has 0 radical (unpaired) electrons. The first-order chi connectivity index (χ1) is 8.52. The summed E-state index contributed by atoms with van der Waals surface area (Å²) < 4.78 is 44.2. The average Bonchev–Trinajstić information content (AvgIpc) is 2.34. The number of aliphatic imine (C=N–C) groups is 1. The number of nitrogens with zero attached hydrogens (tertiary/aromatic N) is 1. The SMILES string of the molecule is NCCOC1=CC(C(F)(F)F)C2CCCCC2=N1. The zero-order valence-corrected chi connectivity index (χ0v) is 10.0. The molecule has 0 bridgehead atoms. The fraction of sp³-hybridized carbons (Fsp3) is 0.750. The summed E-state index contributed by atoms with van der Waals surface area (Å²) in [5, 5.41) is 0. The van der Waals surface area contributed by atoms with E-state index >= 15 is 0 Å². The number of hydrogen-bond acceptors (Lipinski definition) is 3. The molecule has 2 N–H and O–H groups in total. The molecule has 0 saturated heterocycles. The van der Waals surface area contributed by atoms with Gasteiger partial charge >= 0.3 is 6.18 Å². The molecule has 0 aromatic carbocycles. The summed E-state index contributed by atoms with van der Waals surface area (Å²) in [6, 6.07) is 0. The van der Waals surface area contributed by atoms with Gasteiger partial charge in [-0.1, -0.05) is 6.42 Å². The second kappa shape index (κ2) is 5.30. The van der Waals surface area contributed by atoms with E-state index in [0.717, 1.165) is 18.9 Å². The summed E-state index contributed by atoms with van der Waals surface area (Å²) in [6.45, 7) is 0.458. The van der Waals surface area contributed by atoms with Gasteiger partial charge in [-0.2, -0.15) is 13.2 Å². The van der Waals surface area contributed by atoms with E-state index in [-0.39, 0.29) is 19.0 Å². The quantitative estimate of drug-likeness (QED) is 0.850. The maximum atomic E-state index is 13.0. The Bertz CT molecular complexity index is 363. The van der Waals surface area contributed by atoms with E-state index < -0.39 is 18.0 Å². The van der Waals surface area contributed by atoms with Crippen LogP contribution in [0.15, 0.2) is 17.0 Å². The molecule has 0 aromatic rings. The molecule has 102 valence electrons. The molecule has 1 saturated carbocycles. The highest BCUT2D eigenvalue weighted by molar-refractivity contribution is 5.89. The van der Waals surface area contributed by atoms with Gasteiger partial charge in [0.05, 0.1) is 5.92 Å². The standard InChI is InChI=1S/C12H17F3N2O/c13-12(14,15)9-7-11(18-6-5-16)17-10-4-2-1-3-8(9)10/h7-9H,1-6,16H2. The molecule has 2 atom stereocenters. The van der Waals surface area contributed by atoms with E-state index in [1.54, 1.807) is 0 Å². The lowest BCUT2D eigenvalue weighted by molar-refractivity contribution is -0.170. The Kier molecular flexibility index (Phi) is 3.94. The van der Waals surface area contributed by atoms with Crippen LogP contribution >= 0.6 is 0 Å². The van der Waals surface area contributed by atoms with Crippen molar-refractivity contribution in [3.8, 4) is 0 Å². The largest absolute Gasteiger partial charge is 0.477 e. The Morgan fingerprint density at radius 2 is 2.17 bits per heavy atom. The second-order valence-electron chi connectivity index (χ2n) is 4.66. The van der Waals surface area contributed by atoms with E-state index in [1.807, 2.05) is 0 Å². The molecular weight excluding hydrogens is 245 g/mol. The Morgan fingerprint density at radius 3 is 2.83 bits per heavy atom.